The van der Waals surface area contributed by atoms with Crippen LogP contribution in [-0.2, 0) is 11.2 Å². The van der Waals surface area contributed by atoms with E-state index < -0.39 is 6.04 Å². The topological polar surface area (TPSA) is 80.9 Å². The predicted octanol–water partition coefficient (Wildman–Crippen LogP) is 2.58. The van der Waals surface area contributed by atoms with E-state index in [1.165, 1.54) is 23.5 Å². The van der Waals surface area contributed by atoms with Gasteiger partial charge in [0.15, 0.2) is 0 Å². The molecule has 5 nitrogen and oxygen atoms in total. The van der Waals surface area contributed by atoms with Gasteiger partial charge in [-0.05, 0) is 23.6 Å². The summed E-state index contributed by atoms with van der Waals surface area (Å²) in [4.78, 5) is 12.0. The second-order valence-electron chi connectivity index (χ2n) is 5.21. The average molecular weight is 322 g/mol. The molecule has 7 heteroatoms. The standard InChI is InChI=1S/C15H19FN4OS/c1-3-9(2)13(17)14(21)18-15-20-19-12(22-15)8-10-5-4-6-11(16)7-10/h4-7,9,13H,3,8,17H2,1-2H3,(H,18,20,21). The number of amides is 1. The lowest BCUT2D eigenvalue weighted by Crippen LogP contribution is -2.40. The Hall–Kier alpha value is -1.86. The smallest absolute Gasteiger partial charge is 0.243 e. The number of anilines is 1. The van der Waals surface area contributed by atoms with Crippen molar-refractivity contribution in [2.45, 2.75) is 32.7 Å². The van der Waals surface area contributed by atoms with Crippen molar-refractivity contribution in [3.63, 3.8) is 0 Å². The number of carbonyl (C=O) groups is 1. The lowest BCUT2D eigenvalue weighted by molar-refractivity contribution is -0.118. The van der Waals surface area contributed by atoms with Crippen LogP contribution in [0.1, 0.15) is 30.8 Å². The number of nitrogens with one attached hydrogen (secondary N) is 1. The Bertz CT molecular complexity index is 646. The summed E-state index contributed by atoms with van der Waals surface area (Å²) in [6.07, 6.45) is 1.30. The highest BCUT2D eigenvalue weighted by atomic mass is 32.1. The molecule has 2 aromatic rings. The van der Waals surface area contributed by atoms with Crippen LogP contribution in [0.15, 0.2) is 24.3 Å². The molecular weight excluding hydrogens is 303 g/mol. The van der Waals surface area contributed by atoms with Gasteiger partial charge in [-0.25, -0.2) is 4.39 Å². The lowest BCUT2D eigenvalue weighted by Gasteiger charge is -2.16. The maximum absolute atomic E-state index is 13.1. The first kappa shape index (κ1) is 16.5. The molecule has 0 aliphatic carbocycles. The molecular formula is C15H19FN4OS. The first-order valence-corrected chi connectivity index (χ1v) is 7.94. The Labute approximate surface area is 132 Å². The lowest BCUT2D eigenvalue weighted by atomic mass is 10.00. The molecule has 0 fully saturated rings. The van der Waals surface area contributed by atoms with Crippen LogP contribution in [0.4, 0.5) is 9.52 Å². The van der Waals surface area contributed by atoms with Crippen LogP contribution < -0.4 is 11.1 Å². The summed E-state index contributed by atoms with van der Waals surface area (Å²) < 4.78 is 13.1. The van der Waals surface area contributed by atoms with Gasteiger partial charge in [0.2, 0.25) is 11.0 Å². The minimum absolute atomic E-state index is 0.0969. The van der Waals surface area contributed by atoms with Crippen LogP contribution in [0.25, 0.3) is 0 Å². The SMILES string of the molecule is CCC(C)C(N)C(=O)Nc1nnc(Cc2cccc(F)c2)s1. The number of halogens is 1. The Morgan fingerprint density at radius 2 is 2.23 bits per heavy atom. The highest BCUT2D eigenvalue weighted by molar-refractivity contribution is 7.15. The van der Waals surface area contributed by atoms with E-state index >= 15 is 0 Å². The number of hydrogen-bond acceptors (Lipinski definition) is 5. The maximum atomic E-state index is 13.1. The third-order valence-electron chi connectivity index (χ3n) is 3.50. The fourth-order valence-electron chi connectivity index (χ4n) is 1.90. The maximum Gasteiger partial charge on any atom is 0.243 e. The summed E-state index contributed by atoms with van der Waals surface area (Å²) in [5.74, 6) is -0.447. The van der Waals surface area contributed by atoms with E-state index in [-0.39, 0.29) is 17.6 Å². The van der Waals surface area contributed by atoms with E-state index in [1.54, 1.807) is 6.07 Å². The van der Waals surface area contributed by atoms with Crippen molar-refractivity contribution in [2.24, 2.45) is 11.7 Å². The zero-order valence-corrected chi connectivity index (χ0v) is 13.4. The molecule has 22 heavy (non-hydrogen) atoms. The number of carbonyl (C=O) groups excluding carboxylic acids is 1. The van der Waals surface area contributed by atoms with Crippen LogP contribution in [0, 0.1) is 11.7 Å². The zero-order valence-electron chi connectivity index (χ0n) is 12.5. The van der Waals surface area contributed by atoms with Crippen molar-refractivity contribution in [3.05, 3.63) is 40.7 Å². The van der Waals surface area contributed by atoms with Gasteiger partial charge in [0, 0.05) is 6.42 Å². The fourth-order valence-corrected chi connectivity index (χ4v) is 2.68. The molecule has 0 spiro atoms. The van der Waals surface area contributed by atoms with E-state index in [0.29, 0.717) is 16.6 Å². The van der Waals surface area contributed by atoms with Gasteiger partial charge in [0.05, 0.1) is 6.04 Å². The van der Waals surface area contributed by atoms with Crippen LogP contribution in [-0.4, -0.2) is 22.1 Å². The summed E-state index contributed by atoms with van der Waals surface area (Å²) in [7, 11) is 0. The van der Waals surface area contributed by atoms with Gasteiger partial charge >= 0.3 is 0 Å². The Balaban J connectivity index is 1.98. The number of rotatable bonds is 6. The highest BCUT2D eigenvalue weighted by Crippen LogP contribution is 2.19. The van der Waals surface area contributed by atoms with Crippen LogP contribution in [0.3, 0.4) is 0 Å². The van der Waals surface area contributed by atoms with Crippen molar-refractivity contribution in [1.29, 1.82) is 0 Å². The molecule has 0 aliphatic rings. The summed E-state index contributed by atoms with van der Waals surface area (Å²) >= 11 is 1.27. The molecule has 0 radical (unpaired) electrons. The van der Waals surface area contributed by atoms with E-state index in [4.69, 9.17) is 5.73 Å². The molecule has 2 unspecified atom stereocenters. The molecule has 1 aromatic carbocycles. The van der Waals surface area contributed by atoms with Crippen molar-refractivity contribution in [2.75, 3.05) is 5.32 Å². The number of nitrogens with two attached hydrogens (primary N) is 1. The minimum atomic E-state index is -0.569. The third kappa shape index (κ3) is 4.32. The van der Waals surface area contributed by atoms with Gasteiger partial charge < -0.3 is 5.73 Å². The van der Waals surface area contributed by atoms with Gasteiger partial charge in [0.25, 0.3) is 0 Å². The number of aromatic nitrogens is 2. The molecule has 0 saturated carbocycles. The van der Waals surface area contributed by atoms with Crippen LogP contribution in [0.5, 0.6) is 0 Å². The largest absolute Gasteiger partial charge is 0.320 e. The molecule has 0 aliphatic heterocycles. The molecule has 2 rings (SSSR count). The summed E-state index contributed by atoms with van der Waals surface area (Å²) in [5, 5.41) is 11.7. The van der Waals surface area contributed by atoms with E-state index in [2.05, 4.69) is 15.5 Å². The van der Waals surface area contributed by atoms with Gasteiger partial charge in [0.1, 0.15) is 10.8 Å². The zero-order chi connectivity index (χ0) is 16.1. The molecule has 3 N–H and O–H groups in total. The Kier molecular flexibility index (Phi) is 5.57. The molecule has 1 amide bonds. The quantitative estimate of drug-likeness (QED) is 0.856. The van der Waals surface area contributed by atoms with Gasteiger partial charge in [-0.15, -0.1) is 10.2 Å². The van der Waals surface area contributed by atoms with Gasteiger partial charge in [-0.3, -0.25) is 10.1 Å². The summed E-state index contributed by atoms with van der Waals surface area (Å²) in [6.45, 7) is 3.92. The Morgan fingerprint density at radius 1 is 1.45 bits per heavy atom. The van der Waals surface area contributed by atoms with E-state index in [0.717, 1.165) is 12.0 Å². The van der Waals surface area contributed by atoms with E-state index in [9.17, 15) is 9.18 Å². The van der Waals surface area contributed by atoms with Crippen molar-refractivity contribution < 1.29 is 9.18 Å². The number of nitrogens with zero attached hydrogens (tertiary/aromatic N) is 2. The molecule has 2 atom stereocenters. The highest BCUT2D eigenvalue weighted by Gasteiger charge is 2.20. The molecule has 0 saturated heterocycles. The van der Waals surface area contributed by atoms with Crippen LogP contribution >= 0.6 is 11.3 Å². The molecule has 0 bridgehead atoms. The van der Waals surface area contributed by atoms with E-state index in [1.807, 2.05) is 19.9 Å². The Morgan fingerprint density at radius 3 is 2.91 bits per heavy atom. The normalized spacial score (nSPS) is 13.6. The van der Waals surface area contributed by atoms with Crippen molar-refractivity contribution in [3.8, 4) is 0 Å². The average Bonchev–Trinajstić information content (AvgIpc) is 2.92. The molecule has 1 aromatic heterocycles. The first-order chi connectivity index (χ1) is 10.5. The summed E-state index contributed by atoms with van der Waals surface area (Å²) in [6, 6.07) is 5.76. The fraction of sp³-hybridized carbons (Fsp3) is 0.400. The monoisotopic (exact) mass is 322 g/mol. The predicted molar refractivity (Wildman–Crippen MR) is 85.2 cm³/mol. The minimum Gasteiger partial charge on any atom is -0.320 e. The first-order valence-electron chi connectivity index (χ1n) is 7.13. The third-order valence-corrected chi connectivity index (χ3v) is 4.34. The van der Waals surface area contributed by atoms with Gasteiger partial charge in [-0.1, -0.05) is 43.7 Å². The molecule has 118 valence electrons. The second-order valence-corrected chi connectivity index (χ2v) is 6.27. The number of benzene rings is 1. The molecule has 1 heterocycles. The number of hydrogen-bond donors (Lipinski definition) is 2. The van der Waals surface area contributed by atoms with Crippen LogP contribution in [0.2, 0.25) is 0 Å². The second kappa shape index (κ2) is 7.42. The summed E-state index contributed by atoms with van der Waals surface area (Å²) in [5.41, 5.74) is 6.68. The van der Waals surface area contributed by atoms with Gasteiger partial charge in [-0.2, -0.15) is 0 Å². The van der Waals surface area contributed by atoms with Crippen molar-refractivity contribution in [1.82, 2.24) is 10.2 Å². The van der Waals surface area contributed by atoms with Crippen molar-refractivity contribution >= 4 is 22.4 Å².